The quantitative estimate of drug-likeness (QED) is 0.676. The van der Waals surface area contributed by atoms with Crippen molar-refractivity contribution >= 4 is 24.3 Å². The molecular weight excluding hydrogens is 213 g/mol. The normalized spacial score (nSPS) is 10.8. The average molecular weight is 224 g/mol. The average Bonchev–Trinajstić information content (AvgIpc) is 2.46. The predicted octanol–water partition coefficient (Wildman–Crippen LogP) is 2.16. The predicted molar refractivity (Wildman–Crippen MR) is 52.8 cm³/mol. The number of hydrogen-bond donors (Lipinski definition) is 0. The molecule has 0 spiro atoms. The van der Waals surface area contributed by atoms with Crippen LogP contribution in [0.1, 0.15) is 17.1 Å². The maximum atomic E-state index is 4.58. The van der Waals surface area contributed by atoms with E-state index < -0.39 is 0 Å². The van der Waals surface area contributed by atoms with E-state index in [1.165, 1.54) is 19.9 Å². The molecular formula is C10H11NSe. The summed E-state index contributed by atoms with van der Waals surface area (Å²) in [7, 11) is 0. The Hall–Kier alpha value is -0.591. The van der Waals surface area contributed by atoms with Crippen molar-refractivity contribution in [2.24, 2.45) is 0 Å². The molecule has 0 fully saturated rings. The van der Waals surface area contributed by atoms with Crippen LogP contribution in [0.5, 0.6) is 0 Å². The molecule has 0 bridgehead atoms. The van der Waals surface area contributed by atoms with Gasteiger partial charge in [-0.15, -0.1) is 0 Å². The molecule has 0 unspecified atom stereocenters. The summed E-state index contributed by atoms with van der Waals surface area (Å²) in [6, 6.07) is 6.57. The van der Waals surface area contributed by atoms with Crippen molar-refractivity contribution < 1.29 is 0 Å². The van der Waals surface area contributed by atoms with E-state index in [1.807, 2.05) is 0 Å². The van der Waals surface area contributed by atoms with Crippen molar-refractivity contribution in [3.05, 3.63) is 28.3 Å². The summed E-state index contributed by atoms with van der Waals surface area (Å²) in [5.74, 6) is 0. The van der Waals surface area contributed by atoms with Gasteiger partial charge in [0.05, 0.1) is 0 Å². The van der Waals surface area contributed by atoms with Gasteiger partial charge in [-0.2, -0.15) is 0 Å². The zero-order valence-corrected chi connectivity index (χ0v) is 9.01. The van der Waals surface area contributed by atoms with E-state index in [-0.39, 0.29) is 0 Å². The van der Waals surface area contributed by atoms with Crippen LogP contribution in [0, 0.1) is 6.92 Å². The summed E-state index contributed by atoms with van der Waals surface area (Å²) < 4.78 is 2.83. The Morgan fingerprint density at radius 3 is 3.00 bits per heavy atom. The summed E-state index contributed by atoms with van der Waals surface area (Å²) in [6.45, 7) is 4.30. The van der Waals surface area contributed by atoms with E-state index in [2.05, 4.69) is 37.0 Å². The number of nitrogens with zero attached hydrogens (tertiary/aromatic N) is 1. The van der Waals surface area contributed by atoms with Crippen LogP contribution in [-0.4, -0.2) is 19.5 Å². The molecule has 0 saturated carbocycles. The van der Waals surface area contributed by atoms with Crippen molar-refractivity contribution in [3.63, 3.8) is 0 Å². The minimum atomic E-state index is 0.512. The molecule has 12 heavy (non-hydrogen) atoms. The number of aryl methyl sites for hydroxylation is 2. The molecule has 2 aromatic rings. The number of hydrogen-bond acceptors (Lipinski definition) is 1. The van der Waals surface area contributed by atoms with Gasteiger partial charge in [-0.3, -0.25) is 0 Å². The second kappa shape index (κ2) is 3.04. The van der Waals surface area contributed by atoms with Gasteiger partial charge in [-0.05, 0) is 0 Å². The van der Waals surface area contributed by atoms with Gasteiger partial charge < -0.3 is 0 Å². The molecule has 0 atom stereocenters. The van der Waals surface area contributed by atoms with E-state index in [9.17, 15) is 0 Å². The van der Waals surface area contributed by atoms with E-state index in [1.54, 1.807) is 0 Å². The van der Waals surface area contributed by atoms with Crippen LogP contribution < -0.4 is 0 Å². The van der Waals surface area contributed by atoms with E-state index in [0.29, 0.717) is 14.5 Å². The number of fused-ring (bicyclic) bond motifs is 1. The van der Waals surface area contributed by atoms with Gasteiger partial charge in [0.25, 0.3) is 0 Å². The number of rotatable bonds is 1. The fraction of sp³-hybridized carbons (Fsp3) is 0.300. The minimum absolute atomic E-state index is 0.512. The summed E-state index contributed by atoms with van der Waals surface area (Å²) in [4.78, 5) is 4.58. The van der Waals surface area contributed by atoms with Crippen LogP contribution in [0.25, 0.3) is 9.78 Å². The molecule has 62 valence electrons. The number of benzene rings is 1. The van der Waals surface area contributed by atoms with E-state index in [0.717, 1.165) is 6.42 Å². The third kappa shape index (κ3) is 1.33. The molecule has 0 radical (unpaired) electrons. The first-order valence-electron chi connectivity index (χ1n) is 4.15. The second-order valence-corrected chi connectivity index (χ2v) is 5.27. The maximum absolute atomic E-state index is 4.58. The van der Waals surface area contributed by atoms with Gasteiger partial charge in [0, 0.05) is 0 Å². The Balaban J connectivity index is 2.67. The molecule has 0 aliphatic rings. The van der Waals surface area contributed by atoms with Crippen LogP contribution in [0.4, 0.5) is 0 Å². The first-order valence-corrected chi connectivity index (χ1v) is 5.87. The van der Waals surface area contributed by atoms with Crippen LogP contribution in [0.3, 0.4) is 0 Å². The van der Waals surface area contributed by atoms with Gasteiger partial charge >= 0.3 is 77.9 Å². The zero-order valence-electron chi connectivity index (χ0n) is 7.29. The molecule has 0 aliphatic heterocycles. The van der Waals surface area contributed by atoms with Crippen molar-refractivity contribution in [1.82, 2.24) is 4.98 Å². The standard InChI is InChI=1S/C10H11NSe/c1-3-10-11-8-6-7(2)4-5-9(8)12-10/h4-6H,3H2,1-2H3. The molecule has 1 heterocycles. The molecule has 0 aliphatic carbocycles. The fourth-order valence-corrected chi connectivity index (χ4v) is 3.10. The van der Waals surface area contributed by atoms with Gasteiger partial charge in [-0.25, -0.2) is 0 Å². The van der Waals surface area contributed by atoms with Gasteiger partial charge in [0.15, 0.2) is 0 Å². The monoisotopic (exact) mass is 225 g/mol. The Labute approximate surface area is 78.2 Å². The van der Waals surface area contributed by atoms with Crippen LogP contribution >= 0.6 is 0 Å². The first-order chi connectivity index (χ1) is 5.79. The Kier molecular flexibility index (Phi) is 2.03. The topological polar surface area (TPSA) is 12.9 Å². The molecule has 2 rings (SSSR count). The van der Waals surface area contributed by atoms with Gasteiger partial charge in [0.1, 0.15) is 0 Å². The zero-order chi connectivity index (χ0) is 8.55. The van der Waals surface area contributed by atoms with Crippen LogP contribution in [0.15, 0.2) is 18.2 Å². The van der Waals surface area contributed by atoms with Crippen molar-refractivity contribution in [1.29, 1.82) is 0 Å². The van der Waals surface area contributed by atoms with Crippen molar-refractivity contribution in [3.8, 4) is 0 Å². The Morgan fingerprint density at radius 1 is 1.42 bits per heavy atom. The summed E-state index contributed by atoms with van der Waals surface area (Å²) in [5.41, 5.74) is 2.53. The summed E-state index contributed by atoms with van der Waals surface area (Å²) in [5, 5.41) is 0. The third-order valence-corrected chi connectivity index (χ3v) is 4.37. The summed E-state index contributed by atoms with van der Waals surface area (Å²) >= 11 is 0.512. The second-order valence-electron chi connectivity index (χ2n) is 2.93. The fourth-order valence-electron chi connectivity index (χ4n) is 1.24. The number of aromatic nitrogens is 1. The first kappa shape index (κ1) is 8.03. The van der Waals surface area contributed by atoms with Crippen molar-refractivity contribution in [2.45, 2.75) is 20.3 Å². The third-order valence-electron chi connectivity index (χ3n) is 1.89. The van der Waals surface area contributed by atoms with E-state index in [4.69, 9.17) is 0 Å². The van der Waals surface area contributed by atoms with Gasteiger partial charge in [0.2, 0.25) is 0 Å². The summed E-state index contributed by atoms with van der Waals surface area (Å²) in [6.07, 6.45) is 1.10. The van der Waals surface area contributed by atoms with Crippen molar-refractivity contribution in [2.75, 3.05) is 0 Å². The van der Waals surface area contributed by atoms with Crippen LogP contribution in [-0.2, 0) is 6.42 Å². The molecule has 1 aromatic heterocycles. The molecule has 0 amide bonds. The SMILES string of the molecule is CCc1nc2cc(C)ccc2[se]1. The van der Waals surface area contributed by atoms with Gasteiger partial charge in [-0.1, -0.05) is 0 Å². The van der Waals surface area contributed by atoms with E-state index >= 15 is 0 Å². The molecule has 1 aromatic carbocycles. The molecule has 2 heteroatoms. The molecule has 0 saturated heterocycles. The molecule has 0 N–H and O–H groups in total. The Bertz CT molecular complexity index is 403. The Morgan fingerprint density at radius 2 is 2.25 bits per heavy atom. The molecule has 1 nitrogen and oxygen atoms in total. The van der Waals surface area contributed by atoms with Crippen LogP contribution in [0.2, 0.25) is 0 Å².